The molecule has 2 bridgehead atoms. The van der Waals surface area contributed by atoms with Crippen LogP contribution in [0.3, 0.4) is 0 Å². The molecule has 2 heterocycles. The van der Waals surface area contributed by atoms with Gasteiger partial charge in [-0.05, 0) is 40.0 Å². The number of carboxylic acid groups (broad SMARTS) is 1. The highest BCUT2D eigenvalue weighted by molar-refractivity contribution is 5.81. The van der Waals surface area contributed by atoms with Crippen molar-refractivity contribution in [2.45, 2.75) is 63.9 Å². The summed E-state index contributed by atoms with van der Waals surface area (Å²) < 4.78 is 19.1. The maximum absolute atomic E-state index is 13.8. The van der Waals surface area contributed by atoms with E-state index in [4.69, 9.17) is 4.74 Å². The largest absolute Gasteiger partial charge is 0.480 e. The molecule has 1 amide bonds. The van der Waals surface area contributed by atoms with Crippen molar-refractivity contribution in [3.05, 3.63) is 0 Å². The Hall–Kier alpha value is -1.33. The van der Waals surface area contributed by atoms with Gasteiger partial charge in [0.25, 0.3) is 0 Å². The van der Waals surface area contributed by atoms with E-state index in [0.29, 0.717) is 12.8 Å². The first-order valence-corrected chi connectivity index (χ1v) is 6.59. The van der Waals surface area contributed by atoms with Gasteiger partial charge in [-0.15, -0.1) is 0 Å². The second kappa shape index (κ2) is 4.65. The lowest BCUT2D eigenvalue weighted by atomic mass is 9.73. The van der Waals surface area contributed by atoms with Gasteiger partial charge in [0.1, 0.15) is 17.8 Å². The molecule has 2 aliphatic heterocycles. The minimum atomic E-state index is -1.15. The fraction of sp³-hybridized carbons (Fsp3) is 0.846. The van der Waals surface area contributed by atoms with Gasteiger partial charge in [0.05, 0.1) is 0 Å². The van der Waals surface area contributed by atoms with Crippen LogP contribution in [0.1, 0.15) is 40.0 Å². The number of nitrogens with zero attached hydrogens (tertiary/aromatic N) is 1. The summed E-state index contributed by atoms with van der Waals surface area (Å²) in [6.45, 7) is 5.17. The van der Waals surface area contributed by atoms with Gasteiger partial charge >= 0.3 is 12.1 Å². The van der Waals surface area contributed by atoms with Crippen LogP contribution in [0.4, 0.5) is 9.18 Å². The highest BCUT2D eigenvalue weighted by atomic mass is 19.1. The molecule has 3 rings (SSSR count). The molecule has 108 valence electrons. The number of piperidine rings is 2. The van der Waals surface area contributed by atoms with Gasteiger partial charge in [-0.2, -0.15) is 0 Å². The summed E-state index contributed by atoms with van der Waals surface area (Å²) in [5.41, 5.74) is -0.689. The van der Waals surface area contributed by atoms with Crippen molar-refractivity contribution in [1.82, 2.24) is 4.90 Å². The molecule has 1 aliphatic carbocycles. The predicted molar refractivity (Wildman–Crippen MR) is 65.5 cm³/mol. The Morgan fingerprint density at radius 2 is 1.95 bits per heavy atom. The average Bonchev–Trinajstić information content (AvgIpc) is 2.25. The van der Waals surface area contributed by atoms with Crippen LogP contribution >= 0.6 is 0 Å². The monoisotopic (exact) mass is 273 g/mol. The lowest BCUT2D eigenvalue weighted by Crippen LogP contribution is -2.64. The SMILES string of the molecule is CC(C)(C)OC(=O)N1[C@@H]2CC[C@H]([C@H](F)C2)[C@H]1C(=O)O. The molecule has 1 N–H and O–H groups in total. The van der Waals surface area contributed by atoms with E-state index in [0.717, 1.165) is 0 Å². The molecule has 0 aromatic rings. The summed E-state index contributed by atoms with van der Waals surface area (Å²) in [4.78, 5) is 24.7. The molecule has 0 radical (unpaired) electrons. The van der Waals surface area contributed by atoms with E-state index in [1.54, 1.807) is 20.8 Å². The van der Waals surface area contributed by atoms with Gasteiger partial charge in [-0.3, -0.25) is 4.90 Å². The number of carbonyl (C=O) groups is 2. The third-order valence-electron chi connectivity index (χ3n) is 3.75. The van der Waals surface area contributed by atoms with Gasteiger partial charge in [0.15, 0.2) is 0 Å². The standard InChI is InChI=1S/C13H20FNO4/c1-13(2,3)19-12(18)15-7-4-5-8(9(14)6-7)10(15)11(16)17/h7-10H,4-6H2,1-3H3,(H,16,17)/t7-,8-,9-,10+/m1/s1. The summed E-state index contributed by atoms with van der Waals surface area (Å²) in [7, 11) is 0. The first kappa shape index (κ1) is 14.1. The first-order valence-electron chi connectivity index (χ1n) is 6.59. The van der Waals surface area contributed by atoms with Crippen LogP contribution in [0.5, 0.6) is 0 Å². The molecule has 19 heavy (non-hydrogen) atoms. The average molecular weight is 273 g/mol. The number of amides is 1. The third-order valence-corrected chi connectivity index (χ3v) is 3.75. The number of alkyl halides is 1. The van der Waals surface area contributed by atoms with Crippen LogP contribution in [-0.4, -0.2) is 45.9 Å². The smallest absolute Gasteiger partial charge is 0.411 e. The Balaban J connectivity index is 2.22. The fourth-order valence-electron chi connectivity index (χ4n) is 3.04. The number of carbonyl (C=O) groups excluding carboxylic acids is 1. The molecule has 0 aromatic heterocycles. The number of hydrogen-bond acceptors (Lipinski definition) is 3. The van der Waals surface area contributed by atoms with E-state index in [1.165, 1.54) is 4.90 Å². The Bertz CT molecular complexity index is 393. The maximum Gasteiger partial charge on any atom is 0.411 e. The summed E-state index contributed by atoms with van der Waals surface area (Å²) in [5.74, 6) is -1.77. The van der Waals surface area contributed by atoms with Crippen LogP contribution < -0.4 is 0 Å². The van der Waals surface area contributed by atoms with E-state index in [9.17, 15) is 19.1 Å². The molecular formula is C13H20FNO4. The highest BCUT2D eigenvalue weighted by Gasteiger charge is 2.53. The van der Waals surface area contributed by atoms with Crippen LogP contribution in [-0.2, 0) is 9.53 Å². The molecule has 5 nitrogen and oxygen atoms in total. The predicted octanol–water partition coefficient (Wildman–Crippen LogP) is 2.20. The molecule has 0 unspecified atom stereocenters. The summed E-state index contributed by atoms with van der Waals surface area (Å²) >= 11 is 0. The number of hydrogen-bond donors (Lipinski definition) is 1. The minimum Gasteiger partial charge on any atom is -0.480 e. The summed E-state index contributed by atoms with van der Waals surface area (Å²) in [5, 5.41) is 9.28. The van der Waals surface area contributed by atoms with Crippen molar-refractivity contribution in [1.29, 1.82) is 0 Å². The zero-order chi connectivity index (χ0) is 14.4. The molecule has 1 saturated carbocycles. The van der Waals surface area contributed by atoms with Crippen molar-refractivity contribution in [3.8, 4) is 0 Å². The van der Waals surface area contributed by atoms with Crippen LogP contribution in [0.25, 0.3) is 0 Å². The number of aliphatic carboxylic acids is 1. The second-order valence-corrected chi connectivity index (χ2v) is 6.32. The number of carboxylic acids is 1. The third kappa shape index (κ3) is 2.67. The Morgan fingerprint density at radius 3 is 2.42 bits per heavy atom. The zero-order valence-corrected chi connectivity index (χ0v) is 11.4. The Labute approximate surface area is 111 Å². The molecule has 0 aromatic carbocycles. The summed E-state index contributed by atoms with van der Waals surface area (Å²) in [6, 6.07) is -1.46. The summed E-state index contributed by atoms with van der Waals surface area (Å²) in [6.07, 6.45) is -0.413. The highest BCUT2D eigenvalue weighted by Crippen LogP contribution is 2.42. The van der Waals surface area contributed by atoms with Crippen molar-refractivity contribution in [2.75, 3.05) is 0 Å². The first-order chi connectivity index (χ1) is 8.70. The molecule has 3 fully saturated rings. The van der Waals surface area contributed by atoms with Crippen molar-refractivity contribution in [3.63, 3.8) is 0 Å². The van der Waals surface area contributed by atoms with Crippen molar-refractivity contribution in [2.24, 2.45) is 5.92 Å². The van der Waals surface area contributed by atoms with Crippen LogP contribution in [0, 0.1) is 5.92 Å². The minimum absolute atomic E-state index is 0.216. The van der Waals surface area contributed by atoms with Gasteiger partial charge in [-0.1, -0.05) is 0 Å². The number of rotatable bonds is 1. The van der Waals surface area contributed by atoms with Gasteiger partial charge in [0, 0.05) is 12.0 Å². The molecule has 6 heteroatoms. The Kier molecular flexibility index (Phi) is 3.45. The van der Waals surface area contributed by atoms with Gasteiger partial charge in [0.2, 0.25) is 0 Å². The Morgan fingerprint density at radius 1 is 1.32 bits per heavy atom. The number of ether oxygens (including phenoxy) is 1. The van der Waals surface area contributed by atoms with Crippen molar-refractivity contribution < 1.29 is 23.8 Å². The van der Waals surface area contributed by atoms with Crippen molar-refractivity contribution >= 4 is 12.1 Å². The lowest BCUT2D eigenvalue weighted by Gasteiger charge is -2.50. The van der Waals surface area contributed by atoms with E-state index < -0.39 is 35.8 Å². The lowest BCUT2D eigenvalue weighted by molar-refractivity contribution is -0.156. The number of fused-ring (bicyclic) bond motifs is 3. The topological polar surface area (TPSA) is 66.8 Å². The maximum atomic E-state index is 13.8. The van der Waals surface area contributed by atoms with E-state index >= 15 is 0 Å². The fourth-order valence-corrected chi connectivity index (χ4v) is 3.04. The molecule has 3 aliphatic rings. The quantitative estimate of drug-likeness (QED) is 0.795. The van der Waals surface area contributed by atoms with E-state index in [1.807, 2.05) is 0 Å². The molecule has 2 saturated heterocycles. The van der Waals surface area contributed by atoms with Crippen LogP contribution in [0.2, 0.25) is 0 Å². The molecular weight excluding hydrogens is 253 g/mol. The van der Waals surface area contributed by atoms with Gasteiger partial charge < -0.3 is 9.84 Å². The van der Waals surface area contributed by atoms with E-state index in [2.05, 4.69) is 0 Å². The molecule has 0 spiro atoms. The zero-order valence-electron chi connectivity index (χ0n) is 11.4. The normalized spacial score (nSPS) is 34.2. The van der Waals surface area contributed by atoms with E-state index in [-0.39, 0.29) is 12.5 Å². The molecule has 4 atom stereocenters. The number of halogens is 1. The van der Waals surface area contributed by atoms with Crippen LogP contribution in [0.15, 0.2) is 0 Å². The second-order valence-electron chi connectivity index (χ2n) is 6.32. The van der Waals surface area contributed by atoms with Gasteiger partial charge in [-0.25, -0.2) is 14.0 Å².